The SMILES string of the molecule is CCOC(=O)c1ccc(Oc2ccc(C3CC4CCC3CC4)cc2)nc1. The summed E-state index contributed by atoms with van der Waals surface area (Å²) in [6.45, 7) is 2.14. The van der Waals surface area contributed by atoms with Crippen LogP contribution >= 0.6 is 0 Å². The molecule has 26 heavy (non-hydrogen) atoms. The minimum Gasteiger partial charge on any atom is -0.462 e. The first-order chi connectivity index (χ1) is 12.7. The third-order valence-corrected chi connectivity index (χ3v) is 5.83. The Morgan fingerprint density at radius 2 is 1.85 bits per heavy atom. The first-order valence-electron chi connectivity index (χ1n) is 9.64. The first-order valence-corrected chi connectivity index (χ1v) is 9.64. The zero-order valence-electron chi connectivity index (χ0n) is 15.2. The van der Waals surface area contributed by atoms with Crippen LogP contribution in [0.25, 0.3) is 0 Å². The molecule has 5 rings (SSSR count). The lowest BCUT2D eigenvalue weighted by molar-refractivity contribution is 0.0526. The van der Waals surface area contributed by atoms with Crippen molar-refractivity contribution in [1.29, 1.82) is 0 Å². The molecule has 3 aliphatic rings. The molecule has 2 aromatic rings. The van der Waals surface area contributed by atoms with Crippen LogP contribution in [0.1, 0.15) is 60.9 Å². The summed E-state index contributed by atoms with van der Waals surface area (Å²) in [6.07, 6.45) is 8.47. The van der Waals surface area contributed by atoms with Gasteiger partial charge in [0.2, 0.25) is 5.88 Å². The van der Waals surface area contributed by atoms with E-state index in [9.17, 15) is 4.79 Å². The maximum atomic E-state index is 11.7. The molecule has 0 N–H and O–H groups in total. The molecule has 3 saturated carbocycles. The third kappa shape index (κ3) is 3.59. The molecule has 136 valence electrons. The fourth-order valence-electron chi connectivity index (χ4n) is 4.47. The molecular weight excluding hydrogens is 326 g/mol. The number of hydrogen-bond acceptors (Lipinski definition) is 4. The molecule has 4 nitrogen and oxygen atoms in total. The zero-order chi connectivity index (χ0) is 17.9. The molecule has 1 unspecified atom stereocenters. The van der Waals surface area contributed by atoms with Crippen molar-refractivity contribution in [2.75, 3.05) is 6.61 Å². The standard InChI is InChI=1S/C22H25NO3/c1-2-25-22(24)18-9-12-21(23-14-18)26-19-10-7-17(8-11-19)20-13-15-3-5-16(20)6-4-15/h7-12,14-16,20H,2-6,13H2,1H3. The number of benzene rings is 1. The second-order valence-electron chi connectivity index (χ2n) is 7.40. The van der Waals surface area contributed by atoms with Crippen LogP contribution in [0.4, 0.5) is 0 Å². The van der Waals surface area contributed by atoms with Gasteiger partial charge in [-0.1, -0.05) is 25.0 Å². The Bertz CT molecular complexity index is 746. The van der Waals surface area contributed by atoms with Crippen molar-refractivity contribution >= 4 is 5.97 Å². The van der Waals surface area contributed by atoms with E-state index in [1.54, 1.807) is 19.1 Å². The van der Waals surface area contributed by atoms with E-state index < -0.39 is 0 Å². The third-order valence-electron chi connectivity index (χ3n) is 5.83. The maximum absolute atomic E-state index is 11.7. The lowest BCUT2D eigenvalue weighted by atomic mass is 9.63. The van der Waals surface area contributed by atoms with Gasteiger partial charge in [0.25, 0.3) is 0 Å². The van der Waals surface area contributed by atoms with Crippen molar-refractivity contribution < 1.29 is 14.3 Å². The molecule has 3 aliphatic carbocycles. The van der Waals surface area contributed by atoms with E-state index in [4.69, 9.17) is 9.47 Å². The average Bonchev–Trinajstić information content (AvgIpc) is 2.70. The van der Waals surface area contributed by atoms with Crippen molar-refractivity contribution in [3.8, 4) is 11.6 Å². The molecule has 0 amide bonds. The highest BCUT2D eigenvalue weighted by Gasteiger charge is 2.36. The molecule has 1 atom stereocenters. The van der Waals surface area contributed by atoms with Crippen molar-refractivity contribution in [2.24, 2.45) is 11.8 Å². The molecule has 0 aliphatic heterocycles. The normalized spacial score (nSPS) is 24.3. The lowest BCUT2D eigenvalue weighted by Crippen LogP contribution is -2.29. The van der Waals surface area contributed by atoms with Crippen LogP contribution in [0.3, 0.4) is 0 Å². The number of hydrogen-bond donors (Lipinski definition) is 0. The van der Waals surface area contributed by atoms with Gasteiger partial charge >= 0.3 is 5.97 Å². The second kappa shape index (κ2) is 7.48. The van der Waals surface area contributed by atoms with Crippen LogP contribution in [0, 0.1) is 11.8 Å². The molecule has 1 heterocycles. The van der Waals surface area contributed by atoms with Gasteiger partial charge in [-0.2, -0.15) is 0 Å². The van der Waals surface area contributed by atoms with E-state index in [1.165, 1.54) is 43.9 Å². The van der Waals surface area contributed by atoms with Crippen molar-refractivity contribution in [1.82, 2.24) is 4.98 Å². The summed E-state index contributed by atoms with van der Waals surface area (Å²) in [5.41, 5.74) is 1.87. The molecule has 1 aromatic heterocycles. The summed E-state index contributed by atoms with van der Waals surface area (Å²) in [5, 5.41) is 0. The summed E-state index contributed by atoms with van der Waals surface area (Å²) < 4.78 is 10.8. The molecule has 3 fully saturated rings. The number of aromatic nitrogens is 1. The number of nitrogens with zero attached hydrogens (tertiary/aromatic N) is 1. The number of ether oxygens (including phenoxy) is 2. The lowest BCUT2D eigenvalue weighted by Gasteiger charge is -2.42. The smallest absolute Gasteiger partial charge is 0.339 e. The van der Waals surface area contributed by atoms with Crippen LogP contribution < -0.4 is 4.74 Å². The van der Waals surface area contributed by atoms with Gasteiger partial charge in [-0.05, 0) is 67.7 Å². The first kappa shape index (κ1) is 17.1. The Labute approximate surface area is 154 Å². The predicted molar refractivity (Wildman–Crippen MR) is 99.5 cm³/mol. The summed E-state index contributed by atoms with van der Waals surface area (Å²) in [5.74, 6) is 3.40. The van der Waals surface area contributed by atoms with Crippen molar-refractivity contribution in [3.63, 3.8) is 0 Å². The molecule has 4 heteroatoms. The van der Waals surface area contributed by atoms with Crippen LogP contribution in [0.15, 0.2) is 42.6 Å². The van der Waals surface area contributed by atoms with Crippen LogP contribution in [0.2, 0.25) is 0 Å². The summed E-state index contributed by atoms with van der Waals surface area (Å²) in [6, 6.07) is 11.8. The van der Waals surface area contributed by atoms with E-state index >= 15 is 0 Å². The average molecular weight is 351 g/mol. The van der Waals surface area contributed by atoms with Gasteiger partial charge < -0.3 is 9.47 Å². The van der Waals surface area contributed by atoms with E-state index in [1.807, 2.05) is 12.1 Å². The number of pyridine rings is 1. The summed E-state index contributed by atoms with van der Waals surface area (Å²) in [7, 11) is 0. The molecule has 2 bridgehead atoms. The zero-order valence-corrected chi connectivity index (χ0v) is 15.2. The summed E-state index contributed by atoms with van der Waals surface area (Å²) in [4.78, 5) is 15.9. The number of rotatable bonds is 5. The predicted octanol–water partition coefficient (Wildman–Crippen LogP) is 5.34. The van der Waals surface area contributed by atoms with Gasteiger partial charge in [-0.15, -0.1) is 0 Å². The quantitative estimate of drug-likeness (QED) is 0.682. The van der Waals surface area contributed by atoms with E-state index in [0.29, 0.717) is 18.1 Å². The highest BCUT2D eigenvalue weighted by atomic mass is 16.5. The maximum Gasteiger partial charge on any atom is 0.339 e. The molecule has 0 spiro atoms. The van der Waals surface area contributed by atoms with E-state index in [0.717, 1.165) is 23.5 Å². The van der Waals surface area contributed by atoms with Crippen molar-refractivity contribution in [3.05, 3.63) is 53.7 Å². The number of esters is 1. The highest BCUT2D eigenvalue weighted by molar-refractivity contribution is 5.89. The largest absolute Gasteiger partial charge is 0.462 e. The molecule has 0 radical (unpaired) electrons. The number of fused-ring (bicyclic) bond motifs is 3. The van der Waals surface area contributed by atoms with Crippen LogP contribution in [0.5, 0.6) is 11.6 Å². The number of carbonyl (C=O) groups excluding carboxylic acids is 1. The van der Waals surface area contributed by atoms with Gasteiger partial charge in [0.15, 0.2) is 0 Å². The van der Waals surface area contributed by atoms with Gasteiger partial charge in [-0.3, -0.25) is 0 Å². The Kier molecular flexibility index (Phi) is 4.91. The Hall–Kier alpha value is -2.36. The van der Waals surface area contributed by atoms with E-state index in [2.05, 4.69) is 17.1 Å². The minimum absolute atomic E-state index is 0.353. The monoisotopic (exact) mass is 351 g/mol. The van der Waals surface area contributed by atoms with Crippen LogP contribution in [-0.2, 0) is 4.74 Å². The van der Waals surface area contributed by atoms with Gasteiger partial charge in [0, 0.05) is 12.3 Å². The number of carbonyl (C=O) groups is 1. The van der Waals surface area contributed by atoms with Crippen molar-refractivity contribution in [2.45, 2.75) is 44.9 Å². The van der Waals surface area contributed by atoms with Crippen LogP contribution in [-0.4, -0.2) is 17.6 Å². The Balaban J connectivity index is 1.40. The Morgan fingerprint density at radius 3 is 2.42 bits per heavy atom. The molecular formula is C22H25NO3. The second-order valence-corrected chi connectivity index (χ2v) is 7.40. The minimum atomic E-state index is -0.363. The highest BCUT2D eigenvalue weighted by Crippen LogP contribution is 2.49. The topological polar surface area (TPSA) is 48.4 Å². The fraction of sp³-hybridized carbons (Fsp3) is 0.455. The Morgan fingerprint density at radius 1 is 1.08 bits per heavy atom. The molecule has 1 aromatic carbocycles. The summed E-state index contributed by atoms with van der Waals surface area (Å²) >= 11 is 0. The van der Waals surface area contributed by atoms with Gasteiger partial charge in [-0.25, -0.2) is 9.78 Å². The van der Waals surface area contributed by atoms with Gasteiger partial charge in [0.1, 0.15) is 5.75 Å². The van der Waals surface area contributed by atoms with Gasteiger partial charge in [0.05, 0.1) is 12.2 Å². The molecule has 0 saturated heterocycles. The fourth-order valence-corrected chi connectivity index (χ4v) is 4.47. The van der Waals surface area contributed by atoms with E-state index in [-0.39, 0.29) is 5.97 Å².